The average Bonchev–Trinajstić information content (AvgIpc) is 2.90. The van der Waals surface area contributed by atoms with Crippen molar-refractivity contribution in [2.24, 2.45) is 5.73 Å². The van der Waals surface area contributed by atoms with Gasteiger partial charge in [0.15, 0.2) is 0 Å². The van der Waals surface area contributed by atoms with Crippen LogP contribution in [0.25, 0.3) is 0 Å². The van der Waals surface area contributed by atoms with E-state index in [0.29, 0.717) is 6.54 Å². The van der Waals surface area contributed by atoms with Crippen molar-refractivity contribution >= 4 is 11.3 Å². The number of hydrogen-bond donors (Lipinski definition) is 1. The van der Waals surface area contributed by atoms with E-state index in [2.05, 4.69) is 75.2 Å². The Morgan fingerprint density at radius 1 is 1.10 bits per heavy atom. The zero-order chi connectivity index (χ0) is 15.5. The lowest BCUT2D eigenvalue weighted by molar-refractivity contribution is 0.245. The number of hydrogen-bond acceptors (Lipinski definition) is 3. The largest absolute Gasteiger partial charge is 0.329 e. The Hall–Kier alpha value is -1.16. The van der Waals surface area contributed by atoms with E-state index in [0.717, 1.165) is 6.54 Å². The smallest absolute Gasteiger partial charge is 0.0564 e. The van der Waals surface area contributed by atoms with Crippen LogP contribution in [0.2, 0.25) is 0 Å². The summed E-state index contributed by atoms with van der Waals surface area (Å²) < 4.78 is 0. The van der Waals surface area contributed by atoms with Gasteiger partial charge in [0.2, 0.25) is 0 Å². The highest BCUT2D eigenvalue weighted by atomic mass is 32.1. The molecule has 0 radical (unpaired) electrons. The van der Waals surface area contributed by atoms with Crippen molar-refractivity contribution in [3.05, 3.63) is 57.8 Å². The molecule has 0 aliphatic heterocycles. The van der Waals surface area contributed by atoms with Crippen molar-refractivity contribution in [2.75, 3.05) is 13.6 Å². The average molecular weight is 302 g/mol. The molecule has 2 N–H and O–H groups in total. The van der Waals surface area contributed by atoms with Crippen molar-refractivity contribution in [2.45, 2.75) is 38.8 Å². The second-order valence-corrected chi connectivity index (χ2v) is 7.72. The molecule has 0 bridgehead atoms. The van der Waals surface area contributed by atoms with E-state index in [4.69, 9.17) is 5.73 Å². The lowest BCUT2D eigenvalue weighted by atomic mass is 9.95. The molecule has 0 spiro atoms. The molecule has 0 saturated heterocycles. The minimum atomic E-state index is 0.208. The summed E-state index contributed by atoms with van der Waals surface area (Å²) >= 11 is 1.89. The molecule has 114 valence electrons. The molecule has 0 aliphatic rings. The molecule has 1 heterocycles. The van der Waals surface area contributed by atoms with Crippen LogP contribution >= 0.6 is 11.3 Å². The normalized spacial score (nSPS) is 13.6. The van der Waals surface area contributed by atoms with Crippen molar-refractivity contribution in [1.29, 1.82) is 0 Å². The fraction of sp³-hybridized carbons (Fsp3) is 0.444. The Bertz CT molecular complexity index is 554. The third-order valence-electron chi connectivity index (χ3n) is 3.72. The van der Waals surface area contributed by atoms with E-state index in [-0.39, 0.29) is 11.5 Å². The Labute approximate surface area is 132 Å². The molecule has 3 heteroatoms. The summed E-state index contributed by atoms with van der Waals surface area (Å²) in [5.41, 5.74) is 7.58. The fourth-order valence-electron chi connectivity index (χ4n) is 2.43. The summed E-state index contributed by atoms with van der Waals surface area (Å²) in [7, 11) is 2.15. The van der Waals surface area contributed by atoms with E-state index in [1.54, 1.807) is 0 Å². The first-order chi connectivity index (χ1) is 9.91. The van der Waals surface area contributed by atoms with Gasteiger partial charge in [0.05, 0.1) is 6.04 Å². The molecule has 0 aliphatic carbocycles. The molecule has 0 saturated carbocycles. The van der Waals surface area contributed by atoms with Gasteiger partial charge in [-0.3, -0.25) is 4.90 Å². The third kappa shape index (κ3) is 4.16. The minimum absolute atomic E-state index is 0.208. The predicted octanol–water partition coefficient (Wildman–Crippen LogP) is 4.18. The van der Waals surface area contributed by atoms with Gasteiger partial charge in [0, 0.05) is 22.8 Å². The Kier molecular flexibility index (Phi) is 5.20. The van der Waals surface area contributed by atoms with Gasteiger partial charge in [0.25, 0.3) is 0 Å². The van der Waals surface area contributed by atoms with Crippen LogP contribution in [-0.2, 0) is 12.0 Å². The molecule has 0 fully saturated rings. The van der Waals surface area contributed by atoms with Crippen molar-refractivity contribution in [3.63, 3.8) is 0 Å². The highest BCUT2D eigenvalue weighted by Crippen LogP contribution is 2.34. The standard InChI is InChI=1S/C18H26N2S/c1-18(2,3)17-11-10-16(21-17)15(12-19)20(4)13-14-8-6-5-7-9-14/h5-11,15H,12-13,19H2,1-4H3. The number of nitrogens with zero attached hydrogens (tertiary/aromatic N) is 1. The van der Waals surface area contributed by atoms with E-state index in [9.17, 15) is 0 Å². The molecule has 2 nitrogen and oxygen atoms in total. The molecule has 1 atom stereocenters. The number of rotatable bonds is 5. The molecule has 1 aromatic carbocycles. The summed E-state index contributed by atoms with van der Waals surface area (Å²) in [4.78, 5) is 5.12. The lowest BCUT2D eigenvalue weighted by Crippen LogP contribution is -2.29. The minimum Gasteiger partial charge on any atom is -0.329 e. The molecule has 1 aromatic heterocycles. The fourth-order valence-corrected chi connectivity index (χ4v) is 3.67. The number of benzene rings is 1. The maximum absolute atomic E-state index is 6.04. The van der Waals surface area contributed by atoms with E-state index < -0.39 is 0 Å². The molecular weight excluding hydrogens is 276 g/mol. The van der Waals surface area contributed by atoms with Crippen LogP contribution in [0.3, 0.4) is 0 Å². The van der Waals surface area contributed by atoms with E-state index in [1.165, 1.54) is 15.3 Å². The zero-order valence-corrected chi connectivity index (χ0v) is 14.3. The highest BCUT2D eigenvalue weighted by Gasteiger charge is 2.21. The Morgan fingerprint density at radius 2 is 1.76 bits per heavy atom. The monoisotopic (exact) mass is 302 g/mol. The molecular formula is C18H26N2S. The van der Waals surface area contributed by atoms with E-state index in [1.807, 2.05) is 11.3 Å². The molecule has 2 aromatic rings. The van der Waals surface area contributed by atoms with Gasteiger partial charge in [-0.05, 0) is 30.2 Å². The second-order valence-electron chi connectivity index (χ2n) is 6.60. The van der Waals surface area contributed by atoms with Crippen LogP contribution in [0.1, 0.15) is 42.1 Å². The van der Waals surface area contributed by atoms with Crippen molar-refractivity contribution in [1.82, 2.24) is 4.90 Å². The van der Waals surface area contributed by atoms with Gasteiger partial charge in [0.1, 0.15) is 0 Å². The Morgan fingerprint density at radius 3 is 2.29 bits per heavy atom. The maximum Gasteiger partial charge on any atom is 0.0564 e. The van der Waals surface area contributed by atoms with Gasteiger partial charge in [-0.15, -0.1) is 11.3 Å². The summed E-state index contributed by atoms with van der Waals surface area (Å²) in [5.74, 6) is 0. The van der Waals surface area contributed by atoms with Gasteiger partial charge in [-0.2, -0.15) is 0 Å². The van der Waals surface area contributed by atoms with Crippen LogP contribution in [0.5, 0.6) is 0 Å². The van der Waals surface area contributed by atoms with Crippen molar-refractivity contribution in [3.8, 4) is 0 Å². The number of nitrogens with two attached hydrogens (primary N) is 1. The lowest BCUT2D eigenvalue weighted by Gasteiger charge is -2.26. The first-order valence-electron chi connectivity index (χ1n) is 7.46. The van der Waals surface area contributed by atoms with Crippen LogP contribution in [0.4, 0.5) is 0 Å². The van der Waals surface area contributed by atoms with Gasteiger partial charge >= 0.3 is 0 Å². The van der Waals surface area contributed by atoms with Crippen LogP contribution < -0.4 is 5.73 Å². The molecule has 2 rings (SSSR count). The third-order valence-corrected chi connectivity index (χ3v) is 5.34. The summed E-state index contributed by atoms with van der Waals surface area (Å²) in [6, 6.07) is 15.3. The highest BCUT2D eigenvalue weighted by molar-refractivity contribution is 7.12. The molecule has 0 amide bonds. The first-order valence-corrected chi connectivity index (χ1v) is 8.28. The second kappa shape index (κ2) is 6.73. The quantitative estimate of drug-likeness (QED) is 0.898. The molecule has 1 unspecified atom stereocenters. The summed E-state index contributed by atoms with van der Waals surface area (Å²) in [5, 5.41) is 0. The number of thiophene rings is 1. The summed E-state index contributed by atoms with van der Waals surface area (Å²) in [6.45, 7) is 8.34. The predicted molar refractivity (Wildman–Crippen MR) is 92.7 cm³/mol. The number of likely N-dealkylation sites (N-methyl/N-ethyl adjacent to an activating group) is 1. The Balaban J connectivity index is 2.13. The maximum atomic E-state index is 6.04. The summed E-state index contributed by atoms with van der Waals surface area (Å²) in [6.07, 6.45) is 0. The zero-order valence-electron chi connectivity index (χ0n) is 13.5. The van der Waals surface area contributed by atoms with Crippen molar-refractivity contribution < 1.29 is 0 Å². The van der Waals surface area contributed by atoms with Gasteiger partial charge < -0.3 is 5.73 Å². The van der Waals surface area contributed by atoms with Gasteiger partial charge in [-0.25, -0.2) is 0 Å². The topological polar surface area (TPSA) is 29.3 Å². The SMILES string of the molecule is CN(Cc1ccccc1)C(CN)c1ccc(C(C)(C)C)s1. The molecule has 21 heavy (non-hydrogen) atoms. The van der Waals surface area contributed by atoms with Crippen LogP contribution in [-0.4, -0.2) is 18.5 Å². The van der Waals surface area contributed by atoms with Gasteiger partial charge in [-0.1, -0.05) is 51.1 Å². The van der Waals surface area contributed by atoms with Crippen LogP contribution in [0.15, 0.2) is 42.5 Å². The van der Waals surface area contributed by atoms with Crippen LogP contribution in [0, 0.1) is 0 Å². The first kappa shape index (κ1) is 16.2. The van der Waals surface area contributed by atoms with E-state index >= 15 is 0 Å².